The maximum absolute atomic E-state index is 10.4. The fourth-order valence-corrected chi connectivity index (χ4v) is 2.67. The number of rotatable bonds is 8. The minimum atomic E-state index is -4.30. The molecule has 6 heteroatoms. The van der Waals surface area contributed by atoms with Crippen LogP contribution in [0.4, 0.5) is 0 Å². The first-order valence-electron chi connectivity index (χ1n) is 4.81. The maximum atomic E-state index is 10.4. The van der Waals surface area contributed by atoms with Crippen LogP contribution in [0, 0.1) is 0 Å². The van der Waals surface area contributed by atoms with Gasteiger partial charge in [-0.1, -0.05) is 26.2 Å². The van der Waals surface area contributed by atoms with Gasteiger partial charge in [-0.05, 0) is 19.1 Å². The standard InChI is InChI=1S/C8H19O4PS/c1-3-4-5-6-7-14-8(2)12-13(9,10)11/h8H,3-7H2,1-2H3,(H2,9,10,11). The lowest BCUT2D eigenvalue weighted by Gasteiger charge is -2.12. The van der Waals surface area contributed by atoms with Crippen molar-refractivity contribution in [2.75, 3.05) is 5.75 Å². The summed E-state index contributed by atoms with van der Waals surface area (Å²) in [7, 11) is -4.30. The van der Waals surface area contributed by atoms with Crippen molar-refractivity contribution in [1.82, 2.24) is 0 Å². The third-order valence-electron chi connectivity index (χ3n) is 1.64. The van der Waals surface area contributed by atoms with E-state index in [9.17, 15) is 4.57 Å². The van der Waals surface area contributed by atoms with Crippen LogP contribution in [0.25, 0.3) is 0 Å². The second-order valence-corrected chi connectivity index (χ2v) is 5.69. The second-order valence-electron chi connectivity index (χ2n) is 3.10. The number of phosphoric ester groups is 1. The lowest BCUT2D eigenvalue weighted by Crippen LogP contribution is -2.02. The summed E-state index contributed by atoms with van der Waals surface area (Å²) in [4.78, 5) is 17.0. The van der Waals surface area contributed by atoms with Gasteiger partial charge >= 0.3 is 7.82 Å². The molecule has 0 amide bonds. The minimum absolute atomic E-state index is 0.433. The van der Waals surface area contributed by atoms with Crippen molar-refractivity contribution in [2.24, 2.45) is 0 Å². The first-order valence-corrected chi connectivity index (χ1v) is 7.39. The zero-order valence-corrected chi connectivity index (χ0v) is 10.4. The number of unbranched alkanes of at least 4 members (excludes halogenated alkanes) is 3. The smallest absolute Gasteiger partial charge is 0.303 e. The molecule has 0 saturated carbocycles. The van der Waals surface area contributed by atoms with Gasteiger partial charge in [-0.15, -0.1) is 11.8 Å². The van der Waals surface area contributed by atoms with Crippen LogP contribution in [0.2, 0.25) is 0 Å². The summed E-state index contributed by atoms with van der Waals surface area (Å²) in [6.07, 6.45) is 4.66. The number of thioether (sulfide) groups is 1. The molecule has 2 N–H and O–H groups in total. The molecule has 0 spiro atoms. The van der Waals surface area contributed by atoms with Gasteiger partial charge in [-0.3, -0.25) is 4.52 Å². The van der Waals surface area contributed by atoms with Gasteiger partial charge in [0.25, 0.3) is 0 Å². The molecule has 1 unspecified atom stereocenters. The first-order chi connectivity index (χ1) is 6.45. The van der Waals surface area contributed by atoms with Crippen LogP contribution in [0.5, 0.6) is 0 Å². The molecular formula is C8H19O4PS. The van der Waals surface area contributed by atoms with E-state index in [0.29, 0.717) is 0 Å². The molecule has 0 aromatic heterocycles. The summed E-state index contributed by atoms with van der Waals surface area (Å²) >= 11 is 1.44. The van der Waals surface area contributed by atoms with Crippen LogP contribution in [0.3, 0.4) is 0 Å². The molecule has 0 aliphatic heterocycles. The van der Waals surface area contributed by atoms with E-state index in [2.05, 4.69) is 11.4 Å². The van der Waals surface area contributed by atoms with E-state index in [-0.39, 0.29) is 0 Å². The molecule has 0 bridgehead atoms. The Bertz CT molecular complexity index is 182. The summed E-state index contributed by atoms with van der Waals surface area (Å²) in [5.74, 6) is 0.890. The molecule has 1 atom stereocenters. The van der Waals surface area contributed by atoms with E-state index in [1.807, 2.05) is 0 Å². The Labute approximate surface area is 89.7 Å². The van der Waals surface area contributed by atoms with E-state index >= 15 is 0 Å². The van der Waals surface area contributed by atoms with Crippen LogP contribution in [0.1, 0.15) is 39.5 Å². The molecule has 4 nitrogen and oxygen atoms in total. The van der Waals surface area contributed by atoms with E-state index in [0.717, 1.165) is 12.2 Å². The Hall–Kier alpha value is 0.460. The average molecular weight is 242 g/mol. The van der Waals surface area contributed by atoms with E-state index in [1.54, 1.807) is 6.92 Å². The highest BCUT2D eigenvalue weighted by atomic mass is 32.2. The van der Waals surface area contributed by atoms with Crippen molar-refractivity contribution in [3.63, 3.8) is 0 Å². The molecule has 0 aliphatic rings. The van der Waals surface area contributed by atoms with E-state index in [1.165, 1.54) is 31.0 Å². The first kappa shape index (κ1) is 14.5. The molecule has 0 radical (unpaired) electrons. The highest BCUT2D eigenvalue weighted by molar-refractivity contribution is 7.99. The molecule has 0 fully saturated rings. The fourth-order valence-electron chi connectivity index (χ4n) is 1.00. The molecular weight excluding hydrogens is 223 g/mol. The van der Waals surface area contributed by atoms with Gasteiger partial charge in [-0.25, -0.2) is 4.57 Å². The van der Waals surface area contributed by atoms with E-state index in [4.69, 9.17) is 9.79 Å². The van der Waals surface area contributed by atoms with Gasteiger partial charge in [0.1, 0.15) is 5.44 Å². The average Bonchev–Trinajstić information content (AvgIpc) is 2.00. The summed E-state index contributed by atoms with van der Waals surface area (Å²) in [6, 6.07) is 0. The summed E-state index contributed by atoms with van der Waals surface area (Å²) < 4.78 is 14.9. The predicted molar refractivity (Wildman–Crippen MR) is 59.2 cm³/mol. The molecule has 0 aromatic carbocycles. The highest BCUT2D eigenvalue weighted by Gasteiger charge is 2.18. The Morgan fingerprint density at radius 1 is 1.36 bits per heavy atom. The zero-order valence-electron chi connectivity index (χ0n) is 8.68. The van der Waals surface area contributed by atoms with E-state index < -0.39 is 13.3 Å². The van der Waals surface area contributed by atoms with Crippen molar-refractivity contribution in [1.29, 1.82) is 0 Å². The summed E-state index contributed by atoms with van der Waals surface area (Å²) in [5, 5.41) is 0. The SMILES string of the molecule is CCCCCCSC(C)OP(=O)(O)O. The van der Waals surface area contributed by atoms with Gasteiger partial charge in [0.05, 0.1) is 0 Å². The van der Waals surface area contributed by atoms with Crippen LogP contribution < -0.4 is 0 Å². The molecule has 14 heavy (non-hydrogen) atoms. The van der Waals surface area contributed by atoms with Crippen LogP contribution >= 0.6 is 19.6 Å². The monoisotopic (exact) mass is 242 g/mol. The second kappa shape index (κ2) is 7.71. The van der Waals surface area contributed by atoms with Crippen molar-refractivity contribution in [3.05, 3.63) is 0 Å². The quantitative estimate of drug-likeness (QED) is 0.389. The van der Waals surface area contributed by atoms with Crippen molar-refractivity contribution in [2.45, 2.75) is 45.0 Å². The molecule has 0 rings (SSSR count). The van der Waals surface area contributed by atoms with Crippen molar-refractivity contribution >= 4 is 19.6 Å². The zero-order chi connectivity index (χ0) is 11.0. The van der Waals surface area contributed by atoms with Crippen molar-refractivity contribution in [3.8, 4) is 0 Å². The fraction of sp³-hybridized carbons (Fsp3) is 1.00. The highest BCUT2D eigenvalue weighted by Crippen LogP contribution is 2.39. The van der Waals surface area contributed by atoms with Gasteiger partial charge in [0.15, 0.2) is 0 Å². The van der Waals surface area contributed by atoms with Gasteiger partial charge in [0.2, 0.25) is 0 Å². The third kappa shape index (κ3) is 10.5. The Balaban J connectivity index is 3.36. The molecule has 0 heterocycles. The maximum Gasteiger partial charge on any atom is 0.470 e. The van der Waals surface area contributed by atoms with Gasteiger partial charge in [-0.2, -0.15) is 0 Å². The lowest BCUT2D eigenvalue weighted by molar-refractivity contribution is 0.191. The number of hydrogen-bond acceptors (Lipinski definition) is 3. The van der Waals surface area contributed by atoms with Crippen LogP contribution in [-0.2, 0) is 9.09 Å². The summed E-state index contributed by atoms with van der Waals surface area (Å²) in [5.41, 5.74) is -0.433. The topological polar surface area (TPSA) is 66.8 Å². The largest absolute Gasteiger partial charge is 0.470 e. The van der Waals surface area contributed by atoms with Crippen molar-refractivity contribution < 1.29 is 18.9 Å². The van der Waals surface area contributed by atoms with Crippen LogP contribution in [-0.4, -0.2) is 21.0 Å². The third-order valence-corrected chi connectivity index (χ3v) is 3.46. The van der Waals surface area contributed by atoms with Gasteiger partial charge < -0.3 is 9.79 Å². The Morgan fingerprint density at radius 2 is 2.00 bits per heavy atom. The van der Waals surface area contributed by atoms with Gasteiger partial charge in [0, 0.05) is 0 Å². The molecule has 0 aliphatic carbocycles. The summed E-state index contributed by atoms with van der Waals surface area (Å²) in [6.45, 7) is 3.80. The molecule has 0 saturated heterocycles. The predicted octanol–water partition coefficient (Wildman–Crippen LogP) is 2.76. The van der Waals surface area contributed by atoms with Crippen LogP contribution in [0.15, 0.2) is 0 Å². The lowest BCUT2D eigenvalue weighted by atomic mass is 10.2. The Morgan fingerprint density at radius 3 is 2.50 bits per heavy atom. The molecule has 86 valence electrons. The Kier molecular flexibility index (Phi) is 7.97. The normalized spacial score (nSPS) is 14.3. The minimum Gasteiger partial charge on any atom is -0.303 e. The number of hydrogen-bond donors (Lipinski definition) is 2. The number of phosphoric acid groups is 1. The molecule has 0 aromatic rings.